The molecule has 1 fully saturated rings. The molecule has 3 aromatic heterocycles. The molecule has 5 heterocycles. The lowest BCUT2D eigenvalue weighted by Gasteiger charge is -2.41. The molecule has 0 bridgehead atoms. The topological polar surface area (TPSA) is 99.2 Å². The molecule has 35 heavy (non-hydrogen) atoms. The highest BCUT2D eigenvalue weighted by molar-refractivity contribution is 7.99. The first kappa shape index (κ1) is 23.5. The zero-order chi connectivity index (χ0) is 24.4. The van der Waals surface area contributed by atoms with Gasteiger partial charge in [-0.25, -0.2) is 15.0 Å². The number of nitrogens with zero attached hydrogens (tertiary/aromatic N) is 6. The van der Waals surface area contributed by atoms with Crippen molar-refractivity contribution in [3.63, 3.8) is 0 Å². The van der Waals surface area contributed by atoms with Crippen LogP contribution in [0, 0.1) is 6.92 Å². The number of fused-ring (bicyclic) bond motifs is 1. The average Bonchev–Trinajstić information content (AvgIpc) is 3.29. The SMILES string of the molecule is CSNc1cc(C(=O)N2CC[C@H](N3Cc4cnc(Nc5ccc(C)nc5)nc4C3)C[C@H]2C)ccn1. The Bertz CT molecular complexity index is 1200. The Hall–Kier alpha value is -3.24. The Morgan fingerprint density at radius 3 is 2.80 bits per heavy atom. The van der Waals surface area contributed by atoms with E-state index in [4.69, 9.17) is 4.98 Å². The van der Waals surface area contributed by atoms with Crippen LogP contribution >= 0.6 is 11.9 Å². The maximum atomic E-state index is 13.2. The normalized spacial score (nSPS) is 19.9. The molecule has 2 atom stereocenters. The first-order valence-corrected chi connectivity index (χ1v) is 13.1. The lowest BCUT2D eigenvalue weighted by Crippen LogP contribution is -2.50. The highest BCUT2D eigenvalue weighted by Crippen LogP contribution is 2.30. The van der Waals surface area contributed by atoms with E-state index >= 15 is 0 Å². The Labute approximate surface area is 209 Å². The fourth-order valence-electron chi connectivity index (χ4n) is 4.84. The molecule has 9 nitrogen and oxygen atoms in total. The van der Waals surface area contributed by atoms with Crippen LogP contribution in [-0.4, -0.2) is 60.5 Å². The van der Waals surface area contributed by atoms with E-state index < -0.39 is 0 Å². The van der Waals surface area contributed by atoms with Crippen LogP contribution in [0.25, 0.3) is 0 Å². The molecule has 0 aromatic carbocycles. The summed E-state index contributed by atoms with van der Waals surface area (Å²) in [5.41, 5.74) is 4.77. The lowest BCUT2D eigenvalue weighted by molar-refractivity contribution is 0.0460. The number of likely N-dealkylation sites (tertiary alicyclic amines) is 1. The van der Waals surface area contributed by atoms with Gasteiger partial charge in [0.25, 0.3) is 5.91 Å². The first-order chi connectivity index (χ1) is 17.0. The molecule has 0 radical (unpaired) electrons. The van der Waals surface area contributed by atoms with Crippen molar-refractivity contribution in [1.29, 1.82) is 0 Å². The minimum Gasteiger partial charge on any atom is -0.336 e. The Morgan fingerprint density at radius 1 is 1.14 bits per heavy atom. The third-order valence-electron chi connectivity index (χ3n) is 6.69. The largest absolute Gasteiger partial charge is 0.336 e. The predicted molar refractivity (Wildman–Crippen MR) is 138 cm³/mol. The maximum absolute atomic E-state index is 13.2. The minimum atomic E-state index is 0.0689. The molecule has 3 aromatic rings. The van der Waals surface area contributed by atoms with Gasteiger partial charge in [0.05, 0.1) is 17.6 Å². The Morgan fingerprint density at radius 2 is 2.03 bits per heavy atom. The van der Waals surface area contributed by atoms with Crippen molar-refractivity contribution in [3.05, 3.63) is 65.4 Å². The van der Waals surface area contributed by atoms with Crippen LogP contribution in [0.3, 0.4) is 0 Å². The number of hydrogen-bond acceptors (Lipinski definition) is 9. The molecule has 10 heteroatoms. The van der Waals surface area contributed by atoms with Crippen molar-refractivity contribution >= 4 is 35.3 Å². The van der Waals surface area contributed by atoms with Crippen molar-refractivity contribution < 1.29 is 4.79 Å². The van der Waals surface area contributed by atoms with Gasteiger partial charge in [-0.1, -0.05) is 11.9 Å². The second kappa shape index (κ2) is 10.2. The molecule has 0 unspecified atom stereocenters. The minimum absolute atomic E-state index is 0.0689. The molecule has 1 amide bonds. The molecule has 1 saturated heterocycles. The quantitative estimate of drug-likeness (QED) is 0.496. The summed E-state index contributed by atoms with van der Waals surface area (Å²) < 4.78 is 3.10. The third kappa shape index (κ3) is 5.23. The molecule has 182 valence electrons. The summed E-state index contributed by atoms with van der Waals surface area (Å²) in [5, 5.41) is 3.25. The molecular formula is C25H30N8OS. The van der Waals surface area contributed by atoms with Gasteiger partial charge >= 0.3 is 0 Å². The second-order valence-corrected chi connectivity index (χ2v) is 9.76. The zero-order valence-corrected chi connectivity index (χ0v) is 21.0. The van der Waals surface area contributed by atoms with E-state index in [1.54, 1.807) is 18.5 Å². The molecule has 2 aliphatic heterocycles. The summed E-state index contributed by atoms with van der Waals surface area (Å²) in [6.45, 7) is 6.50. The number of amides is 1. The molecule has 2 aliphatic rings. The number of anilines is 3. The molecule has 0 spiro atoms. The lowest BCUT2D eigenvalue weighted by atomic mass is 9.96. The van der Waals surface area contributed by atoms with Crippen molar-refractivity contribution in [2.75, 3.05) is 22.8 Å². The number of piperidine rings is 1. The number of aryl methyl sites for hydroxylation is 1. The van der Waals surface area contributed by atoms with Gasteiger partial charge in [-0.15, -0.1) is 0 Å². The monoisotopic (exact) mass is 490 g/mol. The number of pyridine rings is 2. The van der Waals surface area contributed by atoms with Crippen molar-refractivity contribution in [2.24, 2.45) is 0 Å². The van der Waals surface area contributed by atoms with Gasteiger partial charge in [-0.2, -0.15) is 0 Å². The van der Waals surface area contributed by atoms with E-state index in [-0.39, 0.29) is 11.9 Å². The number of carbonyl (C=O) groups is 1. The number of nitrogens with one attached hydrogen (secondary N) is 2. The molecule has 0 saturated carbocycles. The van der Waals surface area contributed by atoms with Crippen LogP contribution in [0.2, 0.25) is 0 Å². The number of hydrogen-bond donors (Lipinski definition) is 2. The van der Waals surface area contributed by atoms with Gasteiger partial charge in [-0.3, -0.25) is 14.7 Å². The molecule has 2 N–H and O–H groups in total. The van der Waals surface area contributed by atoms with E-state index in [9.17, 15) is 4.79 Å². The van der Waals surface area contributed by atoms with Gasteiger partial charge in [0.2, 0.25) is 5.95 Å². The first-order valence-electron chi connectivity index (χ1n) is 11.8. The van der Waals surface area contributed by atoms with E-state index in [2.05, 4.69) is 36.8 Å². The van der Waals surface area contributed by atoms with Gasteiger partial charge < -0.3 is 14.9 Å². The van der Waals surface area contributed by atoms with Gasteiger partial charge in [-0.05, 0) is 51.0 Å². The Balaban J connectivity index is 1.20. The highest BCUT2D eigenvalue weighted by atomic mass is 32.2. The Kier molecular flexibility index (Phi) is 6.83. The van der Waals surface area contributed by atoms with Crippen LogP contribution in [0.15, 0.2) is 42.9 Å². The van der Waals surface area contributed by atoms with Crippen LogP contribution in [0.1, 0.15) is 47.1 Å². The van der Waals surface area contributed by atoms with Crippen LogP contribution in [0.4, 0.5) is 17.5 Å². The summed E-state index contributed by atoms with van der Waals surface area (Å²) in [4.78, 5) is 35.5. The summed E-state index contributed by atoms with van der Waals surface area (Å²) in [7, 11) is 0. The third-order valence-corrected chi connectivity index (χ3v) is 7.10. The van der Waals surface area contributed by atoms with Gasteiger partial charge in [0, 0.05) is 67.2 Å². The van der Waals surface area contributed by atoms with Crippen LogP contribution < -0.4 is 10.0 Å². The average molecular weight is 491 g/mol. The van der Waals surface area contributed by atoms with Crippen molar-refractivity contribution in [3.8, 4) is 0 Å². The number of carbonyl (C=O) groups excluding carboxylic acids is 1. The number of aromatic nitrogens is 4. The molecular weight excluding hydrogens is 460 g/mol. The molecule has 0 aliphatic carbocycles. The maximum Gasteiger partial charge on any atom is 0.254 e. The van der Waals surface area contributed by atoms with E-state index in [0.29, 0.717) is 23.4 Å². The fraction of sp³-hybridized carbons (Fsp3) is 0.400. The van der Waals surface area contributed by atoms with Crippen molar-refractivity contribution in [2.45, 2.75) is 51.9 Å². The standard InChI is InChI=1S/C25H30N8OS/c1-16-4-5-20(13-27-16)29-25-28-12-19-14-32(15-22(19)30-25)21-7-9-33(17(2)10-21)24(34)18-6-8-26-23(11-18)31-35-3/h4-6,8,11-13,17,21H,7,9-10,14-15H2,1-3H3,(H,26,31)(H,28,29,30)/t17-,21+/m1/s1. The van der Waals surface area contributed by atoms with E-state index in [0.717, 1.165) is 49.6 Å². The second-order valence-electron chi connectivity index (χ2n) is 9.15. The van der Waals surface area contributed by atoms with E-state index in [1.165, 1.54) is 17.5 Å². The summed E-state index contributed by atoms with van der Waals surface area (Å²) in [6, 6.07) is 8.13. The summed E-state index contributed by atoms with van der Waals surface area (Å²) in [5.74, 6) is 1.37. The van der Waals surface area contributed by atoms with Crippen molar-refractivity contribution in [1.82, 2.24) is 29.7 Å². The molecule has 5 rings (SSSR count). The van der Waals surface area contributed by atoms with Crippen LogP contribution in [0.5, 0.6) is 0 Å². The highest BCUT2D eigenvalue weighted by Gasteiger charge is 2.35. The van der Waals surface area contributed by atoms with Crippen LogP contribution in [-0.2, 0) is 13.1 Å². The van der Waals surface area contributed by atoms with Gasteiger partial charge in [0.1, 0.15) is 5.82 Å². The summed E-state index contributed by atoms with van der Waals surface area (Å²) >= 11 is 1.46. The summed E-state index contributed by atoms with van der Waals surface area (Å²) in [6.07, 6.45) is 9.22. The smallest absolute Gasteiger partial charge is 0.254 e. The van der Waals surface area contributed by atoms with Gasteiger partial charge in [0.15, 0.2) is 0 Å². The predicted octanol–water partition coefficient (Wildman–Crippen LogP) is 4.02. The zero-order valence-electron chi connectivity index (χ0n) is 20.2. The van der Waals surface area contributed by atoms with E-state index in [1.807, 2.05) is 42.5 Å². The number of rotatable bonds is 6. The fourth-order valence-corrected chi connectivity index (χ4v) is 5.16.